The van der Waals surface area contributed by atoms with Gasteiger partial charge in [-0.3, -0.25) is 4.79 Å². The third-order valence-electron chi connectivity index (χ3n) is 6.39. The van der Waals surface area contributed by atoms with Crippen molar-refractivity contribution in [2.45, 2.75) is 62.6 Å². The van der Waals surface area contributed by atoms with Crippen LogP contribution in [0.5, 0.6) is 0 Å². The first-order valence-electron chi connectivity index (χ1n) is 10.3. The molecule has 1 aliphatic heterocycles. The number of aromatic nitrogens is 3. The molecule has 2 saturated carbocycles. The third-order valence-corrected chi connectivity index (χ3v) is 7.17. The summed E-state index contributed by atoms with van der Waals surface area (Å²) in [6.45, 7) is 2.29. The SMILES string of the molecule is O=C([C@H]1C[C@@H](NCc2nccs2)[C@H](c2cnc(C3CC3)[nH]2)[C@@H]1O)N1CCCC1. The van der Waals surface area contributed by atoms with Crippen molar-refractivity contribution in [3.63, 3.8) is 0 Å². The van der Waals surface area contributed by atoms with E-state index in [9.17, 15) is 9.90 Å². The number of carbonyl (C=O) groups is 1. The minimum atomic E-state index is -0.700. The Kier molecular flexibility index (Phi) is 4.94. The van der Waals surface area contributed by atoms with Crippen molar-refractivity contribution < 1.29 is 9.90 Å². The predicted molar refractivity (Wildman–Crippen MR) is 106 cm³/mol. The Morgan fingerprint density at radius 2 is 2.14 bits per heavy atom. The van der Waals surface area contributed by atoms with E-state index in [-0.39, 0.29) is 23.8 Å². The maximum absolute atomic E-state index is 13.0. The molecular formula is C20H27N5O2S. The number of nitrogens with one attached hydrogen (secondary N) is 2. The monoisotopic (exact) mass is 401 g/mol. The van der Waals surface area contributed by atoms with Crippen LogP contribution >= 0.6 is 11.3 Å². The highest BCUT2D eigenvalue weighted by molar-refractivity contribution is 7.09. The number of aromatic amines is 1. The number of amides is 1. The molecule has 1 amide bonds. The predicted octanol–water partition coefficient (Wildman–Crippen LogP) is 1.99. The number of rotatable bonds is 6. The van der Waals surface area contributed by atoms with E-state index in [2.05, 4.69) is 20.3 Å². The first-order valence-corrected chi connectivity index (χ1v) is 11.2. The van der Waals surface area contributed by atoms with Crippen LogP contribution in [0.25, 0.3) is 0 Å². The number of hydrogen-bond donors (Lipinski definition) is 3. The van der Waals surface area contributed by atoms with Gasteiger partial charge in [0.05, 0.1) is 12.0 Å². The molecule has 1 saturated heterocycles. The molecule has 0 radical (unpaired) electrons. The van der Waals surface area contributed by atoms with Crippen molar-refractivity contribution in [1.82, 2.24) is 25.2 Å². The van der Waals surface area contributed by atoms with E-state index in [1.807, 2.05) is 16.5 Å². The van der Waals surface area contributed by atoms with E-state index in [4.69, 9.17) is 0 Å². The number of aliphatic hydroxyl groups is 1. The molecule has 28 heavy (non-hydrogen) atoms. The fraction of sp³-hybridized carbons (Fsp3) is 0.650. The fourth-order valence-corrected chi connectivity index (χ4v) is 5.29. The molecule has 0 unspecified atom stereocenters. The zero-order valence-corrected chi connectivity index (χ0v) is 16.7. The van der Waals surface area contributed by atoms with Crippen molar-refractivity contribution in [3.05, 3.63) is 34.3 Å². The smallest absolute Gasteiger partial charge is 0.228 e. The Labute approximate surface area is 168 Å². The number of likely N-dealkylation sites (tertiary alicyclic amines) is 1. The average molecular weight is 402 g/mol. The maximum Gasteiger partial charge on any atom is 0.228 e. The van der Waals surface area contributed by atoms with Crippen LogP contribution in [0.15, 0.2) is 17.8 Å². The third kappa shape index (κ3) is 3.49. The van der Waals surface area contributed by atoms with Crippen LogP contribution in [0.1, 0.15) is 60.5 Å². The number of nitrogens with zero attached hydrogens (tertiary/aromatic N) is 3. The molecule has 0 bridgehead atoms. The Bertz CT molecular complexity index is 812. The van der Waals surface area contributed by atoms with Crippen LogP contribution in [0.3, 0.4) is 0 Å². The van der Waals surface area contributed by atoms with Gasteiger partial charge in [-0.25, -0.2) is 9.97 Å². The maximum atomic E-state index is 13.0. The summed E-state index contributed by atoms with van der Waals surface area (Å²) in [5.41, 5.74) is 0.947. The zero-order chi connectivity index (χ0) is 19.1. The zero-order valence-electron chi connectivity index (χ0n) is 15.9. The van der Waals surface area contributed by atoms with Gasteiger partial charge in [0.25, 0.3) is 0 Å². The highest BCUT2D eigenvalue weighted by atomic mass is 32.1. The summed E-state index contributed by atoms with van der Waals surface area (Å²) >= 11 is 1.62. The molecule has 3 heterocycles. The molecule has 7 nitrogen and oxygen atoms in total. The van der Waals surface area contributed by atoms with Crippen LogP contribution < -0.4 is 5.32 Å². The molecule has 0 aromatic carbocycles. The first kappa shape index (κ1) is 18.3. The normalized spacial score (nSPS) is 30.2. The first-order chi connectivity index (χ1) is 13.7. The number of H-pyrrole nitrogens is 1. The van der Waals surface area contributed by atoms with Crippen LogP contribution in [-0.4, -0.2) is 56.1 Å². The second-order valence-electron chi connectivity index (χ2n) is 8.30. The number of hydrogen-bond acceptors (Lipinski definition) is 6. The van der Waals surface area contributed by atoms with Crippen molar-refractivity contribution in [2.24, 2.45) is 5.92 Å². The average Bonchev–Trinajstić information content (AvgIpc) is 3.17. The standard InChI is InChI=1S/C20H27N5O2S/c26-18-13(20(27)25-6-1-2-7-25)9-14(22-11-16-21-5-8-28-16)17(18)15-10-23-19(24-15)12-3-4-12/h5,8,10,12-14,17-18,22,26H,1-4,6-7,9,11H2,(H,23,24)/t13-,14+,17+,18+/m0/s1. The molecule has 8 heteroatoms. The molecule has 5 rings (SSSR count). The molecule has 0 spiro atoms. The Morgan fingerprint density at radius 1 is 1.32 bits per heavy atom. The summed E-state index contributed by atoms with van der Waals surface area (Å²) in [4.78, 5) is 27.3. The number of aliphatic hydroxyl groups excluding tert-OH is 1. The van der Waals surface area contributed by atoms with E-state index < -0.39 is 6.10 Å². The van der Waals surface area contributed by atoms with Crippen LogP contribution in [0.4, 0.5) is 0 Å². The molecule has 3 aliphatic rings. The second-order valence-corrected chi connectivity index (χ2v) is 9.28. The van der Waals surface area contributed by atoms with Gasteiger partial charge in [-0.1, -0.05) is 0 Å². The summed E-state index contributed by atoms with van der Waals surface area (Å²) in [7, 11) is 0. The van der Waals surface area contributed by atoms with E-state index in [0.29, 0.717) is 18.9 Å². The van der Waals surface area contributed by atoms with Crippen molar-refractivity contribution in [1.29, 1.82) is 0 Å². The summed E-state index contributed by atoms with van der Waals surface area (Å²) in [6.07, 6.45) is 8.11. The summed E-state index contributed by atoms with van der Waals surface area (Å²) in [5.74, 6) is 1.16. The highest BCUT2D eigenvalue weighted by Gasteiger charge is 2.48. The van der Waals surface area contributed by atoms with E-state index in [1.54, 1.807) is 17.5 Å². The Hall–Kier alpha value is -1.77. The lowest BCUT2D eigenvalue weighted by Crippen LogP contribution is -2.38. The van der Waals surface area contributed by atoms with Gasteiger partial charge in [-0.15, -0.1) is 11.3 Å². The van der Waals surface area contributed by atoms with Crippen molar-refractivity contribution >= 4 is 17.2 Å². The minimum Gasteiger partial charge on any atom is -0.392 e. The molecule has 3 fully saturated rings. The van der Waals surface area contributed by atoms with Gasteiger partial charge < -0.3 is 20.3 Å². The second kappa shape index (κ2) is 7.57. The van der Waals surface area contributed by atoms with Gasteiger partial charge in [0.1, 0.15) is 10.8 Å². The van der Waals surface area contributed by atoms with Gasteiger partial charge in [0.15, 0.2) is 0 Å². The summed E-state index contributed by atoms with van der Waals surface area (Å²) < 4.78 is 0. The molecule has 2 aromatic rings. The molecule has 2 aliphatic carbocycles. The van der Waals surface area contributed by atoms with Gasteiger partial charge in [-0.2, -0.15) is 0 Å². The van der Waals surface area contributed by atoms with Crippen molar-refractivity contribution in [2.75, 3.05) is 13.1 Å². The summed E-state index contributed by atoms with van der Waals surface area (Å²) in [5, 5.41) is 17.7. The summed E-state index contributed by atoms with van der Waals surface area (Å²) in [6, 6.07) is 0.0166. The number of thiazole rings is 1. The molecule has 150 valence electrons. The van der Waals surface area contributed by atoms with Gasteiger partial charge in [0.2, 0.25) is 5.91 Å². The van der Waals surface area contributed by atoms with E-state index >= 15 is 0 Å². The van der Waals surface area contributed by atoms with Gasteiger partial charge in [-0.05, 0) is 32.1 Å². The quantitative estimate of drug-likeness (QED) is 0.688. The molecule has 4 atom stereocenters. The number of carbonyl (C=O) groups excluding carboxylic acids is 1. The van der Waals surface area contributed by atoms with Gasteiger partial charge >= 0.3 is 0 Å². The Morgan fingerprint density at radius 3 is 2.86 bits per heavy atom. The molecule has 2 aromatic heterocycles. The lowest BCUT2D eigenvalue weighted by atomic mass is 9.96. The van der Waals surface area contributed by atoms with Gasteiger partial charge in [0, 0.05) is 61.0 Å². The largest absolute Gasteiger partial charge is 0.392 e. The Balaban J connectivity index is 1.37. The molecular weight excluding hydrogens is 374 g/mol. The fourth-order valence-electron chi connectivity index (χ4n) is 4.72. The highest BCUT2D eigenvalue weighted by Crippen LogP contribution is 2.42. The van der Waals surface area contributed by atoms with Crippen molar-refractivity contribution in [3.8, 4) is 0 Å². The van der Waals surface area contributed by atoms with Crippen LogP contribution in [0, 0.1) is 5.92 Å². The lowest BCUT2D eigenvalue weighted by molar-refractivity contribution is -0.137. The topological polar surface area (TPSA) is 94.1 Å². The molecule has 3 N–H and O–H groups in total. The van der Waals surface area contributed by atoms with Crippen LogP contribution in [0.2, 0.25) is 0 Å². The number of imidazole rings is 1. The minimum absolute atomic E-state index is 0.0166. The lowest BCUT2D eigenvalue weighted by Gasteiger charge is -2.24. The van der Waals surface area contributed by atoms with E-state index in [1.165, 1.54) is 12.8 Å². The van der Waals surface area contributed by atoms with E-state index in [0.717, 1.165) is 42.5 Å². The van der Waals surface area contributed by atoms with Crippen LogP contribution in [-0.2, 0) is 11.3 Å².